The molecule has 0 amide bonds. The van der Waals surface area contributed by atoms with Crippen LogP contribution in [0.15, 0.2) is 6.33 Å². The summed E-state index contributed by atoms with van der Waals surface area (Å²) in [4.78, 5) is 10.2. The fraction of sp³-hybridized carbons (Fsp3) is 0.636. The first-order valence-corrected chi connectivity index (χ1v) is 5.65. The zero-order valence-electron chi connectivity index (χ0n) is 10.2. The van der Waals surface area contributed by atoms with Gasteiger partial charge in [-0.2, -0.15) is 4.98 Å². The van der Waals surface area contributed by atoms with Crippen LogP contribution in [-0.4, -0.2) is 40.9 Å². The van der Waals surface area contributed by atoms with E-state index in [1.54, 1.807) is 0 Å². The Kier molecular flexibility index (Phi) is 3.06. The quantitative estimate of drug-likeness (QED) is 0.776. The van der Waals surface area contributed by atoms with E-state index in [4.69, 9.17) is 10.5 Å². The van der Waals surface area contributed by atoms with Gasteiger partial charge in [0.05, 0.1) is 12.7 Å². The summed E-state index contributed by atoms with van der Waals surface area (Å²) < 4.78 is 5.07. The van der Waals surface area contributed by atoms with Crippen molar-refractivity contribution < 1.29 is 9.84 Å². The van der Waals surface area contributed by atoms with Crippen LogP contribution >= 0.6 is 0 Å². The summed E-state index contributed by atoms with van der Waals surface area (Å²) >= 11 is 0. The van der Waals surface area contributed by atoms with Crippen molar-refractivity contribution in [2.45, 2.75) is 25.4 Å². The van der Waals surface area contributed by atoms with Crippen LogP contribution in [0.2, 0.25) is 0 Å². The van der Waals surface area contributed by atoms with Gasteiger partial charge in [0.25, 0.3) is 0 Å². The molecule has 6 nitrogen and oxygen atoms in total. The van der Waals surface area contributed by atoms with Gasteiger partial charge in [0.2, 0.25) is 5.88 Å². The molecule has 94 valence electrons. The number of anilines is 2. The van der Waals surface area contributed by atoms with Gasteiger partial charge in [-0.1, -0.05) is 0 Å². The lowest BCUT2D eigenvalue weighted by Crippen LogP contribution is -2.43. The molecular formula is C11H18N4O2. The molecule has 6 heteroatoms. The molecule has 0 aliphatic carbocycles. The molecule has 0 atom stereocenters. The van der Waals surface area contributed by atoms with Gasteiger partial charge in [-0.05, 0) is 19.8 Å². The number of rotatable bonds is 2. The van der Waals surface area contributed by atoms with E-state index < -0.39 is 5.60 Å². The van der Waals surface area contributed by atoms with Crippen molar-refractivity contribution in [3.05, 3.63) is 6.33 Å². The highest BCUT2D eigenvalue weighted by Crippen LogP contribution is 2.31. The minimum absolute atomic E-state index is 0.396. The third kappa shape index (κ3) is 2.41. The molecule has 1 aromatic rings. The van der Waals surface area contributed by atoms with Crippen molar-refractivity contribution >= 4 is 11.5 Å². The van der Waals surface area contributed by atoms with Crippen LogP contribution in [0.5, 0.6) is 5.88 Å². The molecule has 1 aliphatic heterocycles. The van der Waals surface area contributed by atoms with E-state index in [1.165, 1.54) is 13.4 Å². The van der Waals surface area contributed by atoms with E-state index in [9.17, 15) is 5.11 Å². The first-order chi connectivity index (χ1) is 8.03. The van der Waals surface area contributed by atoms with Crippen molar-refractivity contribution in [2.24, 2.45) is 0 Å². The Morgan fingerprint density at radius 3 is 2.65 bits per heavy atom. The number of nitrogens with zero attached hydrogens (tertiary/aromatic N) is 3. The highest BCUT2D eigenvalue weighted by Gasteiger charge is 2.29. The summed E-state index contributed by atoms with van der Waals surface area (Å²) in [5, 5.41) is 9.89. The molecular weight excluding hydrogens is 220 g/mol. The van der Waals surface area contributed by atoms with Crippen LogP contribution in [0.3, 0.4) is 0 Å². The lowest BCUT2D eigenvalue weighted by atomic mass is 9.94. The zero-order valence-corrected chi connectivity index (χ0v) is 10.2. The minimum Gasteiger partial charge on any atom is -0.479 e. The second-order valence-corrected chi connectivity index (χ2v) is 4.60. The normalized spacial score (nSPS) is 19.1. The Labute approximate surface area is 100 Å². The van der Waals surface area contributed by atoms with Gasteiger partial charge < -0.3 is 20.5 Å². The number of aromatic nitrogens is 2. The van der Waals surface area contributed by atoms with E-state index in [-0.39, 0.29) is 0 Å². The van der Waals surface area contributed by atoms with Crippen molar-refractivity contribution in [1.82, 2.24) is 9.97 Å². The predicted octanol–water partition coefficient (Wildman–Crippen LogP) is 0.419. The van der Waals surface area contributed by atoms with Gasteiger partial charge in [0.15, 0.2) is 5.82 Å². The molecule has 1 aromatic heterocycles. The summed E-state index contributed by atoms with van der Waals surface area (Å²) in [6.07, 6.45) is 2.86. The molecule has 0 saturated carbocycles. The second-order valence-electron chi connectivity index (χ2n) is 4.60. The zero-order chi connectivity index (χ0) is 12.5. The standard InChI is InChI=1S/C11H18N4O2/c1-11(16)3-5-15(6-4-11)9-8(12)10(17-2)14-7-13-9/h7,16H,3-6,12H2,1-2H3. The first kappa shape index (κ1) is 11.9. The molecule has 0 bridgehead atoms. The van der Waals surface area contributed by atoms with Crippen LogP contribution in [-0.2, 0) is 0 Å². The van der Waals surface area contributed by atoms with E-state index in [2.05, 4.69) is 14.9 Å². The van der Waals surface area contributed by atoms with E-state index in [0.717, 1.165) is 13.1 Å². The molecule has 0 aromatic carbocycles. The van der Waals surface area contributed by atoms with Crippen LogP contribution in [0.1, 0.15) is 19.8 Å². The van der Waals surface area contributed by atoms with E-state index >= 15 is 0 Å². The van der Waals surface area contributed by atoms with E-state index in [1.807, 2.05) is 6.92 Å². The fourth-order valence-electron chi connectivity index (χ4n) is 1.99. The number of piperidine rings is 1. The van der Waals surface area contributed by atoms with Gasteiger partial charge >= 0.3 is 0 Å². The van der Waals surface area contributed by atoms with Gasteiger partial charge in [0, 0.05) is 13.1 Å². The average Bonchev–Trinajstić information content (AvgIpc) is 2.30. The van der Waals surface area contributed by atoms with Gasteiger partial charge in [0.1, 0.15) is 12.0 Å². The predicted molar refractivity (Wildman–Crippen MR) is 65.1 cm³/mol. The fourth-order valence-corrected chi connectivity index (χ4v) is 1.99. The maximum Gasteiger partial charge on any atom is 0.242 e. The largest absolute Gasteiger partial charge is 0.479 e. The Morgan fingerprint density at radius 1 is 1.41 bits per heavy atom. The van der Waals surface area contributed by atoms with Crippen LogP contribution in [0.25, 0.3) is 0 Å². The Hall–Kier alpha value is -1.56. The number of hydrogen-bond acceptors (Lipinski definition) is 6. The number of methoxy groups -OCH3 is 1. The van der Waals surface area contributed by atoms with Crippen molar-refractivity contribution in [3.63, 3.8) is 0 Å². The molecule has 3 N–H and O–H groups in total. The maximum atomic E-state index is 9.89. The monoisotopic (exact) mass is 238 g/mol. The van der Waals surface area contributed by atoms with Crippen LogP contribution in [0, 0.1) is 0 Å². The molecule has 1 aliphatic rings. The Bertz CT molecular complexity index is 398. The maximum absolute atomic E-state index is 9.89. The van der Waals surface area contributed by atoms with E-state index in [0.29, 0.717) is 30.2 Å². The molecule has 2 heterocycles. The minimum atomic E-state index is -0.581. The van der Waals surface area contributed by atoms with Crippen molar-refractivity contribution in [2.75, 3.05) is 30.8 Å². The topological polar surface area (TPSA) is 84.5 Å². The van der Waals surface area contributed by atoms with Crippen molar-refractivity contribution in [3.8, 4) is 5.88 Å². The van der Waals surface area contributed by atoms with Crippen LogP contribution < -0.4 is 15.4 Å². The molecule has 0 spiro atoms. The summed E-state index contributed by atoms with van der Waals surface area (Å²) in [7, 11) is 1.53. The third-order valence-corrected chi connectivity index (χ3v) is 3.16. The molecule has 17 heavy (non-hydrogen) atoms. The lowest BCUT2D eigenvalue weighted by Gasteiger charge is -2.36. The number of aliphatic hydroxyl groups is 1. The summed E-state index contributed by atoms with van der Waals surface area (Å²) in [5.41, 5.74) is 5.81. The molecule has 1 fully saturated rings. The molecule has 1 saturated heterocycles. The number of nitrogen functional groups attached to an aromatic ring is 1. The second kappa shape index (κ2) is 4.37. The summed E-state index contributed by atoms with van der Waals surface area (Å²) in [5.74, 6) is 1.08. The molecule has 0 radical (unpaired) electrons. The third-order valence-electron chi connectivity index (χ3n) is 3.16. The van der Waals surface area contributed by atoms with Gasteiger partial charge in [-0.3, -0.25) is 0 Å². The SMILES string of the molecule is COc1ncnc(N2CCC(C)(O)CC2)c1N. The molecule has 2 rings (SSSR count). The first-order valence-electron chi connectivity index (χ1n) is 5.65. The number of ether oxygens (including phenoxy) is 1. The molecule has 0 unspecified atom stereocenters. The number of hydrogen-bond donors (Lipinski definition) is 2. The van der Waals surface area contributed by atoms with Crippen LogP contribution in [0.4, 0.5) is 11.5 Å². The summed E-state index contributed by atoms with van der Waals surface area (Å²) in [6, 6.07) is 0. The van der Waals surface area contributed by atoms with Gasteiger partial charge in [-0.15, -0.1) is 0 Å². The Morgan fingerprint density at radius 2 is 2.06 bits per heavy atom. The summed E-state index contributed by atoms with van der Waals surface area (Å²) in [6.45, 7) is 3.32. The highest BCUT2D eigenvalue weighted by molar-refractivity contribution is 5.67. The highest BCUT2D eigenvalue weighted by atomic mass is 16.5. The number of nitrogens with two attached hydrogens (primary N) is 1. The lowest BCUT2D eigenvalue weighted by molar-refractivity contribution is 0.0350. The average molecular weight is 238 g/mol. The van der Waals surface area contributed by atoms with Gasteiger partial charge in [-0.25, -0.2) is 4.98 Å². The van der Waals surface area contributed by atoms with Crippen molar-refractivity contribution in [1.29, 1.82) is 0 Å². The smallest absolute Gasteiger partial charge is 0.242 e. The Balaban J connectivity index is 2.19.